The predicted octanol–water partition coefficient (Wildman–Crippen LogP) is 1.99. The molecule has 0 bridgehead atoms. The first-order valence-electron chi connectivity index (χ1n) is 6.17. The van der Waals surface area contributed by atoms with Gasteiger partial charge in [-0.3, -0.25) is 4.79 Å². The smallest absolute Gasteiger partial charge is 0.255 e. The highest BCUT2D eigenvalue weighted by atomic mass is 16.5. The molecule has 0 saturated carbocycles. The Hall–Kier alpha value is -1.55. The number of aliphatic hydroxyl groups is 1. The van der Waals surface area contributed by atoms with Crippen molar-refractivity contribution in [3.05, 3.63) is 29.8 Å². The maximum absolute atomic E-state index is 11.9. The fourth-order valence-corrected chi connectivity index (χ4v) is 1.64. The minimum Gasteiger partial charge on any atom is -0.497 e. The van der Waals surface area contributed by atoms with Crippen LogP contribution in [0.4, 0.5) is 0 Å². The number of amides is 1. The molecule has 100 valence electrons. The molecule has 0 spiro atoms. The van der Waals surface area contributed by atoms with Gasteiger partial charge in [-0.2, -0.15) is 0 Å². The van der Waals surface area contributed by atoms with Crippen LogP contribution in [-0.4, -0.2) is 36.6 Å². The van der Waals surface area contributed by atoms with E-state index in [0.29, 0.717) is 17.9 Å². The first kappa shape index (κ1) is 14.5. The fourth-order valence-electron chi connectivity index (χ4n) is 1.64. The fraction of sp³-hybridized carbons (Fsp3) is 0.500. The summed E-state index contributed by atoms with van der Waals surface area (Å²) < 4.78 is 5.03. The molecular formula is C14H21NO3. The lowest BCUT2D eigenvalue weighted by Crippen LogP contribution is -2.32. The van der Waals surface area contributed by atoms with E-state index in [4.69, 9.17) is 4.74 Å². The van der Waals surface area contributed by atoms with Gasteiger partial charge in [0.25, 0.3) is 5.91 Å². The number of carbonyl (C=O) groups excluding carboxylic acids is 1. The predicted molar refractivity (Wildman–Crippen MR) is 70.5 cm³/mol. The number of carbonyl (C=O) groups is 1. The van der Waals surface area contributed by atoms with Crippen molar-refractivity contribution in [1.82, 2.24) is 4.90 Å². The topological polar surface area (TPSA) is 49.8 Å². The van der Waals surface area contributed by atoms with Crippen LogP contribution in [0.5, 0.6) is 5.75 Å². The number of rotatable bonds is 6. The zero-order valence-corrected chi connectivity index (χ0v) is 11.2. The molecule has 0 aromatic heterocycles. The summed E-state index contributed by atoms with van der Waals surface area (Å²) in [6.07, 6.45) is 0.867. The van der Waals surface area contributed by atoms with Gasteiger partial charge in [0.05, 0.1) is 7.11 Å². The number of aliphatic hydroxyl groups excluding tert-OH is 1. The van der Waals surface area contributed by atoms with Crippen LogP contribution in [-0.2, 0) is 4.79 Å². The molecule has 4 heteroatoms. The van der Waals surface area contributed by atoms with Crippen LogP contribution in [0.2, 0.25) is 0 Å². The standard InChI is InChI=1S/C14H21NO3/c1-4-5-10-15(2)14(17)13(16)11-6-8-12(18-3)9-7-11/h6-9,13,16H,4-5,10H2,1-3H3. The average Bonchev–Trinajstić information content (AvgIpc) is 2.43. The maximum atomic E-state index is 11.9. The number of hydrogen-bond donors (Lipinski definition) is 1. The van der Waals surface area contributed by atoms with Crippen molar-refractivity contribution >= 4 is 5.91 Å². The third-order valence-corrected chi connectivity index (χ3v) is 2.89. The van der Waals surface area contributed by atoms with E-state index in [9.17, 15) is 9.90 Å². The summed E-state index contributed by atoms with van der Waals surface area (Å²) in [5.41, 5.74) is 0.587. The van der Waals surface area contributed by atoms with Gasteiger partial charge in [0, 0.05) is 13.6 Å². The van der Waals surface area contributed by atoms with Crippen LogP contribution in [0.25, 0.3) is 0 Å². The van der Waals surface area contributed by atoms with E-state index in [-0.39, 0.29) is 5.91 Å². The Labute approximate surface area is 108 Å². The molecule has 0 saturated heterocycles. The number of ether oxygens (including phenoxy) is 1. The Morgan fingerprint density at radius 1 is 1.39 bits per heavy atom. The van der Waals surface area contributed by atoms with Crippen LogP contribution in [0.1, 0.15) is 31.4 Å². The first-order valence-corrected chi connectivity index (χ1v) is 6.17. The summed E-state index contributed by atoms with van der Waals surface area (Å²) in [7, 11) is 3.29. The molecule has 1 amide bonds. The number of likely N-dealkylation sites (N-methyl/N-ethyl adjacent to an activating group) is 1. The molecule has 0 aliphatic carbocycles. The van der Waals surface area contributed by atoms with E-state index in [1.54, 1.807) is 43.3 Å². The van der Waals surface area contributed by atoms with Crippen molar-refractivity contribution in [2.24, 2.45) is 0 Å². The number of unbranched alkanes of at least 4 members (excludes halogenated alkanes) is 1. The quantitative estimate of drug-likeness (QED) is 0.841. The highest BCUT2D eigenvalue weighted by Crippen LogP contribution is 2.19. The van der Waals surface area contributed by atoms with Crippen LogP contribution in [0.3, 0.4) is 0 Å². The highest BCUT2D eigenvalue weighted by Gasteiger charge is 2.20. The molecule has 1 aromatic rings. The molecule has 1 rings (SSSR count). The molecular weight excluding hydrogens is 230 g/mol. The molecule has 1 N–H and O–H groups in total. The summed E-state index contributed by atoms with van der Waals surface area (Å²) in [5.74, 6) is 0.436. The second-order valence-electron chi connectivity index (χ2n) is 4.29. The van der Waals surface area contributed by atoms with Crippen molar-refractivity contribution in [2.75, 3.05) is 20.7 Å². The zero-order valence-electron chi connectivity index (χ0n) is 11.2. The van der Waals surface area contributed by atoms with Gasteiger partial charge < -0.3 is 14.7 Å². The van der Waals surface area contributed by atoms with Gasteiger partial charge in [-0.05, 0) is 24.1 Å². The van der Waals surface area contributed by atoms with Gasteiger partial charge in [-0.15, -0.1) is 0 Å². The minimum absolute atomic E-state index is 0.270. The van der Waals surface area contributed by atoms with Gasteiger partial charge in [0.1, 0.15) is 5.75 Å². The Bertz CT molecular complexity index is 375. The Morgan fingerprint density at radius 2 is 2.00 bits per heavy atom. The van der Waals surface area contributed by atoms with Crippen molar-refractivity contribution in [2.45, 2.75) is 25.9 Å². The summed E-state index contributed by atoms with van der Waals surface area (Å²) >= 11 is 0. The molecule has 18 heavy (non-hydrogen) atoms. The van der Waals surface area contributed by atoms with Crippen molar-refractivity contribution < 1.29 is 14.6 Å². The van der Waals surface area contributed by atoms with E-state index in [1.165, 1.54) is 0 Å². The lowest BCUT2D eigenvalue weighted by atomic mass is 10.1. The normalized spacial score (nSPS) is 12.0. The molecule has 1 aromatic carbocycles. The van der Waals surface area contributed by atoms with Gasteiger partial charge in [-0.1, -0.05) is 25.5 Å². The summed E-state index contributed by atoms with van der Waals surface area (Å²) in [4.78, 5) is 13.5. The molecule has 0 aliphatic rings. The third kappa shape index (κ3) is 3.74. The van der Waals surface area contributed by atoms with Gasteiger partial charge in [0.2, 0.25) is 0 Å². The number of nitrogens with zero attached hydrogens (tertiary/aromatic N) is 1. The third-order valence-electron chi connectivity index (χ3n) is 2.89. The van der Waals surface area contributed by atoms with E-state index >= 15 is 0 Å². The van der Waals surface area contributed by atoms with Crippen LogP contribution >= 0.6 is 0 Å². The van der Waals surface area contributed by atoms with Gasteiger partial charge in [0.15, 0.2) is 6.10 Å². The highest BCUT2D eigenvalue weighted by molar-refractivity contribution is 5.81. The molecule has 0 heterocycles. The Morgan fingerprint density at radius 3 is 2.50 bits per heavy atom. The zero-order chi connectivity index (χ0) is 13.5. The average molecular weight is 251 g/mol. The van der Waals surface area contributed by atoms with E-state index in [0.717, 1.165) is 12.8 Å². The number of methoxy groups -OCH3 is 1. The molecule has 0 radical (unpaired) electrons. The van der Waals surface area contributed by atoms with E-state index < -0.39 is 6.10 Å². The van der Waals surface area contributed by atoms with Crippen LogP contribution in [0.15, 0.2) is 24.3 Å². The van der Waals surface area contributed by atoms with Crippen molar-refractivity contribution in [1.29, 1.82) is 0 Å². The maximum Gasteiger partial charge on any atom is 0.255 e. The molecule has 1 unspecified atom stereocenters. The van der Waals surface area contributed by atoms with Crippen molar-refractivity contribution in [3.63, 3.8) is 0 Å². The Balaban J connectivity index is 2.67. The van der Waals surface area contributed by atoms with Crippen LogP contribution in [0, 0.1) is 0 Å². The first-order chi connectivity index (χ1) is 8.60. The Kier molecular flexibility index (Phi) is 5.65. The summed E-state index contributed by atoms with van der Waals surface area (Å²) in [6, 6.07) is 6.87. The second-order valence-corrected chi connectivity index (χ2v) is 4.29. The molecule has 0 fully saturated rings. The van der Waals surface area contributed by atoms with Gasteiger partial charge in [-0.25, -0.2) is 0 Å². The molecule has 1 atom stereocenters. The largest absolute Gasteiger partial charge is 0.497 e. The monoisotopic (exact) mass is 251 g/mol. The number of hydrogen-bond acceptors (Lipinski definition) is 3. The SMILES string of the molecule is CCCCN(C)C(=O)C(O)c1ccc(OC)cc1. The molecule has 4 nitrogen and oxygen atoms in total. The molecule has 0 aliphatic heterocycles. The summed E-state index contributed by atoms with van der Waals surface area (Å²) in [5, 5.41) is 9.99. The van der Waals surface area contributed by atoms with E-state index in [2.05, 4.69) is 6.92 Å². The summed E-state index contributed by atoms with van der Waals surface area (Å²) in [6.45, 7) is 2.74. The second kappa shape index (κ2) is 7.01. The minimum atomic E-state index is -1.10. The van der Waals surface area contributed by atoms with E-state index in [1.807, 2.05) is 0 Å². The number of benzene rings is 1. The van der Waals surface area contributed by atoms with Gasteiger partial charge >= 0.3 is 0 Å². The van der Waals surface area contributed by atoms with Crippen molar-refractivity contribution in [3.8, 4) is 5.75 Å². The lowest BCUT2D eigenvalue weighted by molar-refractivity contribution is -0.139. The van der Waals surface area contributed by atoms with Crippen LogP contribution < -0.4 is 4.74 Å². The lowest BCUT2D eigenvalue weighted by Gasteiger charge is -2.20.